The molecule has 9 atom stereocenters. The van der Waals surface area contributed by atoms with Crippen LogP contribution in [0.5, 0.6) is 0 Å². The average Bonchev–Trinajstić information content (AvgIpc) is 3.60. The molecule has 14 heteroatoms. The zero-order valence-corrected chi connectivity index (χ0v) is 32.4. The second-order valence-corrected chi connectivity index (χ2v) is 14.7. The van der Waals surface area contributed by atoms with Crippen LogP contribution < -0.4 is 22.1 Å². The summed E-state index contributed by atoms with van der Waals surface area (Å²) in [6.45, 7) is 9.87. The van der Waals surface area contributed by atoms with Crippen LogP contribution in [0.2, 0.25) is 0 Å². The SMILES string of the molecule is CC[C@H](C)[C@@H]([C@@H](CC(=O)N1CCC[C@H]1[C@H](OC)[C@@H](C)C(=O)N[C@H](CO)Cc1ccccc1)OC)N(C)CC(C=O)(NC(=O)[C@H](N)CC(N)=O)C(C)C. The minimum Gasteiger partial charge on any atom is -0.394 e. The van der Waals surface area contributed by atoms with Gasteiger partial charge in [-0.25, -0.2) is 0 Å². The number of hydrogen-bond acceptors (Lipinski definition) is 10. The van der Waals surface area contributed by atoms with Gasteiger partial charge in [0.05, 0.1) is 55.7 Å². The molecule has 2 rings (SSSR count). The third-order valence-corrected chi connectivity index (χ3v) is 10.7. The summed E-state index contributed by atoms with van der Waals surface area (Å²) >= 11 is 0. The first kappa shape index (κ1) is 44.7. The van der Waals surface area contributed by atoms with E-state index < -0.39 is 47.6 Å². The van der Waals surface area contributed by atoms with Crippen molar-refractivity contribution in [2.24, 2.45) is 29.2 Å². The maximum Gasteiger partial charge on any atom is 0.238 e. The van der Waals surface area contributed by atoms with Crippen LogP contribution in [0, 0.1) is 17.8 Å². The lowest BCUT2D eigenvalue weighted by atomic mass is 9.84. The molecule has 0 aliphatic carbocycles. The Kier molecular flexibility index (Phi) is 18.3. The van der Waals surface area contributed by atoms with Crippen LogP contribution in [-0.2, 0) is 39.9 Å². The molecule has 0 radical (unpaired) electrons. The van der Waals surface area contributed by atoms with Gasteiger partial charge in [-0.1, -0.05) is 71.4 Å². The summed E-state index contributed by atoms with van der Waals surface area (Å²) in [6, 6.07) is 7.26. The van der Waals surface area contributed by atoms with Gasteiger partial charge in [-0.15, -0.1) is 0 Å². The van der Waals surface area contributed by atoms with Crippen molar-refractivity contribution in [1.29, 1.82) is 0 Å². The number of amides is 4. The van der Waals surface area contributed by atoms with E-state index in [1.807, 2.05) is 70.0 Å². The van der Waals surface area contributed by atoms with E-state index in [1.165, 1.54) is 0 Å². The highest BCUT2D eigenvalue weighted by molar-refractivity contribution is 5.90. The molecule has 1 aliphatic rings. The van der Waals surface area contributed by atoms with Crippen LogP contribution in [0.25, 0.3) is 0 Å². The third-order valence-electron chi connectivity index (χ3n) is 10.7. The van der Waals surface area contributed by atoms with Gasteiger partial charge in [0.25, 0.3) is 0 Å². The van der Waals surface area contributed by atoms with Crippen LogP contribution in [0.15, 0.2) is 30.3 Å². The monoisotopic (exact) mass is 732 g/mol. The predicted octanol–water partition coefficient (Wildman–Crippen LogP) is 1.01. The second-order valence-electron chi connectivity index (χ2n) is 14.7. The average molecular weight is 733 g/mol. The fourth-order valence-electron chi connectivity index (χ4n) is 7.36. The van der Waals surface area contributed by atoms with E-state index in [2.05, 4.69) is 10.6 Å². The first-order valence-electron chi connectivity index (χ1n) is 18.4. The summed E-state index contributed by atoms with van der Waals surface area (Å²) in [5, 5.41) is 15.8. The molecule has 0 spiro atoms. The topological polar surface area (TPSA) is 207 Å². The van der Waals surface area contributed by atoms with Crippen LogP contribution in [0.1, 0.15) is 72.3 Å². The number of rotatable bonds is 23. The molecule has 1 aromatic rings. The number of methoxy groups -OCH3 is 2. The van der Waals surface area contributed by atoms with Gasteiger partial charge in [0.15, 0.2) is 0 Å². The van der Waals surface area contributed by atoms with Crippen LogP contribution in [-0.4, -0.2) is 128 Å². The van der Waals surface area contributed by atoms with E-state index in [9.17, 15) is 29.1 Å². The van der Waals surface area contributed by atoms with Crippen molar-refractivity contribution in [2.75, 3.05) is 41.0 Å². The third kappa shape index (κ3) is 12.1. The predicted molar refractivity (Wildman–Crippen MR) is 199 cm³/mol. The van der Waals surface area contributed by atoms with Crippen molar-refractivity contribution < 1.29 is 38.6 Å². The summed E-state index contributed by atoms with van der Waals surface area (Å²) in [5.74, 6) is -2.73. The highest BCUT2D eigenvalue weighted by atomic mass is 16.5. The fourth-order valence-corrected chi connectivity index (χ4v) is 7.36. The molecule has 0 bridgehead atoms. The molecule has 0 saturated carbocycles. The van der Waals surface area contributed by atoms with E-state index in [4.69, 9.17) is 20.9 Å². The normalized spacial score (nSPS) is 19.9. The lowest BCUT2D eigenvalue weighted by Crippen LogP contribution is -2.64. The van der Waals surface area contributed by atoms with Gasteiger partial charge in [-0.2, -0.15) is 0 Å². The Labute approximate surface area is 309 Å². The number of aldehydes is 1. The Bertz CT molecular complexity index is 1300. The minimum atomic E-state index is -1.35. The number of benzene rings is 1. The van der Waals surface area contributed by atoms with Gasteiger partial charge in [0.1, 0.15) is 11.8 Å². The maximum absolute atomic E-state index is 14.1. The number of aliphatic hydroxyl groups is 1. The standard InChI is InChI=1S/C38H64N6O8/c1-9-25(4)34(43(6)22-38(23-46,24(2)3)42-37(50)29(39)19-32(40)47)31(51-7)20-33(48)44-17-13-16-30(44)35(52-8)26(5)36(49)41-28(21-45)18-27-14-11-10-12-15-27/h10-12,14-15,23-26,28-31,34-35,45H,9,13,16-22,39H2,1-8H3,(H2,40,47)(H,41,49)(H,42,50)/t25-,26+,28-,29+,30-,31+,34-,35+,38?/m0/s1. The number of hydrogen-bond donors (Lipinski definition) is 5. The Morgan fingerprint density at radius 2 is 1.73 bits per heavy atom. The number of nitrogens with two attached hydrogens (primary N) is 2. The summed E-state index contributed by atoms with van der Waals surface area (Å²) in [4.78, 5) is 68.4. The van der Waals surface area contributed by atoms with Crippen LogP contribution >= 0.6 is 0 Å². The van der Waals surface area contributed by atoms with Gasteiger partial charge in [0, 0.05) is 33.4 Å². The number of likely N-dealkylation sites (N-methyl/N-ethyl adjacent to an activating group) is 1. The number of carbonyl (C=O) groups excluding carboxylic acids is 5. The molecular weight excluding hydrogens is 668 g/mol. The molecule has 1 fully saturated rings. The maximum atomic E-state index is 14.1. The Morgan fingerprint density at radius 1 is 1.08 bits per heavy atom. The van der Waals surface area contributed by atoms with Crippen molar-refractivity contribution >= 4 is 29.9 Å². The number of primary amides is 1. The molecular formula is C38H64N6O8. The minimum absolute atomic E-state index is 0.0206. The van der Waals surface area contributed by atoms with E-state index in [0.717, 1.165) is 18.4 Å². The van der Waals surface area contributed by atoms with Crippen LogP contribution in [0.3, 0.4) is 0 Å². The zero-order chi connectivity index (χ0) is 39.2. The van der Waals surface area contributed by atoms with Crippen molar-refractivity contribution in [3.63, 3.8) is 0 Å². The summed E-state index contributed by atoms with van der Waals surface area (Å²) in [7, 11) is 4.93. The highest BCUT2D eigenvalue weighted by Crippen LogP contribution is 2.30. The molecule has 1 aliphatic heterocycles. The van der Waals surface area contributed by atoms with Crippen LogP contribution in [0.4, 0.5) is 0 Å². The van der Waals surface area contributed by atoms with Crippen molar-refractivity contribution in [3.8, 4) is 0 Å². The molecule has 14 nitrogen and oxygen atoms in total. The van der Waals surface area contributed by atoms with E-state index in [1.54, 1.807) is 26.0 Å². The van der Waals surface area contributed by atoms with Gasteiger partial charge in [0.2, 0.25) is 23.6 Å². The Morgan fingerprint density at radius 3 is 2.25 bits per heavy atom. The number of ether oxygens (including phenoxy) is 2. The summed E-state index contributed by atoms with van der Waals surface area (Å²) in [6.07, 6.45) is 1.85. The Balaban J connectivity index is 2.25. The molecule has 4 amide bonds. The molecule has 52 heavy (non-hydrogen) atoms. The number of aliphatic hydroxyl groups excluding tert-OH is 1. The lowest BCUT2D eigenvalue weighted by Gasteiger charge is -2.44. The molecule has 0 aromatic heterocycles. The van der Waals surface area contributed by atoms with Gasteiger partial charge in [-0.3, -0.25) is 24.1 Å². The molecule has 1 unspecified atom stereocenters. The number of nitrogens with zero attached hydrogens (tertiary/aromatic N) is 2. The second kappa shape index (κ2) is 21.3. The largest absolute Gasteiger partial charge is 0.394 e. The molecule has 1 saturated heterocycles. The Hall–Kier alpha value is -3.43. The lowest BCUT2D eigenvalue weighted by molar-refractivity contribution is -0.143. The first-order chi connectivity index (χ1) is 24.6. The van der Waals surface area contributed by atoms with Crippen molar-refractivity contribution in [2.45, 2.75) is 115 Å². The molecule has 1 aromatic carbocycles. The van der Waals surface area contributed by atoms with Gasteiger partial charge < -0.3 is 46.4 Å². The molecule has 294 valence electrons. The zero-order valence-electron chi connectivity index (χ0n) is 32.4. The highest BCUT2D eigenvalue weighted by Gasteiger charge is 2.44. The first-order valence-corrected chi connectivity index (χ1v) is 18.4. The number of nitrogens with one attached hydrogen (secondary N) is 2. The summed E-state index contributed by atoms with van der Waals surface area (Å²) in [5.41, 5.74) is 10.8. The van der Waals surface area contributed by atoms with E-state index in [-0.39, 0.29) is 61.7 Å². The van der Waals surface area contributed by atoms with E-state index >= 15 is 0 Å². The number of likely N-dealkylation sites (tertiary alicyclic amines) is 1. The molecule has 7 N–H and O–H groups in total. The fraction of sp³-hybridized carbons (Fsp3) is 0.711. The smallest absolute Gasteiger partial charge is 0.238 e. The number of carbonyl (C=O) groups is 5. The quantitative estimate of drug-likeness (QED) is 0.101. The van der Waals surface area contributed by atoms with Crippen molar-refractivity contribution in [3.05, 3.63) is 35.9 Å². The van der Waals surface area contributed by atoms with Gasteiger partial charge in [-0.05, 0) is 43.7 Å². The van der Waals surface area contributed by atoms with Gasteiger partial charge >= 0.3 is 0 Å². The van der Waals surface area contributed by atoms with E-state index in [0.29, 0.717) is 25.7 Å². The molecule has 1 heterocycles. The summed E-state index contributed by atoms with van der Waals surface area (Å²) < 4.78 is 11.9. The van der Waals surface area contributed by atoms with Crippen molar-refractivity contribution in [1.82, 2.24) is 20.4 Å².